The molecule has 0 unspecified atom stereocenters. The van der Waals surface area contributed by atoms with Crippen molar-refractivity contribution in [3.8, 4) is 0 Å². The minimum atomic E-state index is -1.00. The van der Waals surface area contributed by atoms with Gasteiger partial charge in [-0.2, -0.15) is 0 Å². The molecular weight excluding hydrogens is 264 g/mol. The first-order valence-corrected chi connectivity index (χ1v) is 7.00. The molecular formula is C14H19ClN2O2. The molecule has 0 atom stereocenters. The lowest BCUT2D eigenvalue weighted by Crippen LogP contribution is -2.35. The number of anilines is 1. The van der Waals surface area contributed by atoms with E-state index in [0.717, 1.165) is 31.8 Å². The fraction of sp³-hybridized carbons (Fsp3) is 0.571. The molecule has 104 valence electrons. The molecule has 0 radical (unpaired) electrons. The number of aromatic nitrogens is 1. The molecule has 2 heterocycles. The predicted octanol–water partition coefficient (Wildman–Crippen LogP) is 3.31. The molecule has 19 heavy (non-hydrogen) atoms. The van der Waals surface area contributed by atoms with Crippen LogP contribution in [0.3, 0.4) is 0 Å². The number of rotatable bonds is 3. The highest BCUT2D eigenvalue weighted by molar-refractivity contribution is 6.33. The van der Waals surface area contributed by atoms with Gasteiger partial charge in [0.15, 0.2) is 0 Å². The summed E-state index contributed by atoms with van der Waals surface area (Å²) in [6, 6.07) is 1.47. The van der Waals surface area contributed by atoms with Gasteiger partial charge < -0.3 is 10.0 Å². The Morgan fingerprint density at radius 2 is 2.11 bits per heavy atom. The smallest absolute Gasteiger partial charge is 0.337 e. The molecule has 4 nitrogen and oxygen atoms in total. The van der Waals surface area contributed by atoms with Gasteiger partial charge in [0.2, 0.25) is 0 Å². The van der Waals surface area contributed by atoms with E-state index in [1.807, 2.05) is 0 Å². The van der Waals surface area contributed by atoms with Gasteiger partial charge in [-0.05, 0) is 30.7 Å². The topological polar surface area (TPSA) is 53.4 Å². The van der Waals surface area contributed by atoms with Crippen molar-refractivity contribution >= 4 is 23.4 Å². The minimum absolute atomic E-state index is 0.130. The average molecular weight is 283 g/mol. The van der Waals surface area contributed by atoms with Gasteiger partial charge in [0.25, 0.3) is 0 Å². The number of carbonyl (C=O) groups is 1. The molecule has 0 aliphatic carbocycles. The first-order valence-electron chi connectivity index (χ1n) is 6.63. The number of aromatic carboxylic acids is 1. The lowest BCUT2D eigenvalue weighted by Gasteiger charge is -2.34. The molecule has 1 fully saturated rings. The van der Waals surface area contributed by atoms with E-state index in [1.165, 1.54) is 12.3 Å². The van der Waals surface area contributed by atoms with Crippen molar-refractivity contribution in [1.29, 1.82) is 0 Å². The summed E-state index contributed by atoms with van der Waals surface area (Å²) in [4.78, 5) is 17.2. The van der Waals surface area contributed by atoms with E-state index >= 15 is 0 Å². The van der Waals surface area contributed by atoms with Crippen molar-refractivity contribution in [2.75, 3.05) is 18.0 Å². The Labute approximate surface area is 118 Å². The Bertz CT molecular complexity index is 469. The molecule has 0 aromatic carbocycles. The van der Waals surface area contributed by atoms with Crippen LogP contribution in [0.4, 0.5) is 5.82 Å². The fourth-order valence-electron chi connectivity index (χ4n) is 2.56. The highest BCUT2D eigenvalue weighted by Crippen LogP contribution is 2.30. The minimum Gasteiger partial charge on any atom is -0.478 e. The zero-order valence-corrected chi connectivity index (χ0v) is 12.0. The van der Waals surface area contributed by atoms with Gasteiger partial charge in [-0.25, -0.2) is 9.78 Å². The van der Waals surface area contributed by atoms with Crippen molar-refractivity contribution < 1.29 is 9.90 Å². The van der Waals surface area contributed by atoms with Crippen LogP contribution in [-0.2, 0) is 0 Å². The standard InChI is InChI=1S/C14H19ClN2O2/c1-9(2)10-3-5-17(6-4-10)13-12(15)7-11(8-16-13)14(18)19/h7-10H,3-6H2,1-2H3,(H,18,19). The van der Waals surface area contributed by atoms with Crippen LogP contribution in [0.1, 0.15) is 37.0 Å². The van der Waals surface area contributed by atoms with E-state index in [-0.39, 0.29) is 5.56 Å². The highest BCUT2D eigenvalue weighted by atomic mass is 35.5. The maximum absolute atomic E-state index is 10.8. The number of halogens is 1. The van der Waals surface area contributed by atoms with Gasteiger partial charge in [-0.1, -0.05) is 25.4 Å². The SMILES string of the molecule is CC(C)C1CCN(c2ncc(C(=O)O)cc2Cl)CC1. The van der Waals surface area contributed by atoms with Crippen LogP contribution in [-0.4, -0.2) is 29.1 Å². The molecule has 1 saturated heterocycles. The van der Waals surface area contributed by atoms with Gasteiger partial charge in [0, 0.05) is 19.3 Å². The van der Waals surface area contributed by atoms with E-state index in [2.05, 4.69) is 23.7 Å². The quantitative estimate of drug-likeness (QED) is 0.924. The second kappa shape index (κ2) is 5.78. The zero-order chi connectivity index (χ0) is 14.0. The van der Waals surface area contributed by atoms with Crippen LogP contribution in [0.15, 0.2) is 12.3 Å². The molecule has 0 amide bonds. The number of carboxylic acid groups (broad SMARTS) is 1. The number of hydrogen-bond donors (Lipinski definition) is 1. The summed E-state index contributed by atoms with van der Waals surface area (Å²) in [5.41, 5.74) is 0.130. The van der Waals surface area contributed by atoms with Gasteiger partial charge in [0.05, 0.1) is 10.6 Å². The van der Waals surface area contributed by atoms with Gasteiger partial charge in [0.1, 0.15) is 5.82 Å². The molecule has 2 rings (SSSR count). The summed E-state index contributed by atoms with van der Waals surface area (Å²) in [6.07, 6.45) is 3.64. The maximum Gasteiger partial charge on any atom is 0.337 e. The molecule has 5 heteroatoms. The van der Waals surface area contributed by atoms with E-state index in [0.29, 0.717) is 16.8 Å². The van der Waals surface area contributed by atoms with Gasteiger partial charge >= 0.3 is 5.97 Å². The van der Waals surface area contributed by atoms with Crippen LogP contribution in [0.2, 0.25) is 5.02 Å². The third-order valence-electron chi connectivity index (χ3n) is 3.85. The monoisotopic (exact) mass is 282 g/mol. The third kappa shape index (κ3) is 3.18. The van der Waals surface area contributed by atoms with Crippen molar-refractivity contribution in [3.05, 3.63) is 22.8 Å². The molecule has 1 N–H and O–H groups in total. The number of carboxylic acids is 1. The molecule has 0 spiro atoms. The summed E-state index contributed by atoms with van der Waals surface area (Å²) in [6.45, 7) is 6.38. The summed E-state index contributed by atoms with van der Waals surface area (Å²) in [5, 5.41) is 9.31. The summed E-state index contributed by atoms with van der Waals surface area (Å²) in [5.74, 6) is 1.17. The first kappa shape index (κ1) is 14.1. The average Bonchev–Trinajstić information content (AvgIpc) is 2.38. The first-order chi connectivity index (χ1) is 8.99. The Kier molecular flexibility index (Phi) is 4.30. The summed E-state index contributed by atoms with van der Waals surface area (Å²) < 4.78 is 0. The Morgan fingerprint density at radius 1 is 1.47 bits per heavy atom. The lowest BCUT2D eigenvalue weighted by atomic mass is 9.87. The highest BCUT2D eigenvalue weighted by Gasteiger charge is 2.23. The van der Waals surface area contributed by atoms with E-state index in [9.17, 15) is 4.79 Å². The largest absolute Gasteiger partial charge is 0.478 e. The fourth-order valence-corrected chi connectivity index (χ4v) is 2.84. The van der Waals surface area contributed by atoms with Crippen molar-refractivity contribution in [1.82, 2.24) is 4.98 Å². The maximum atomic E-state index is 10.8. The van der Waals surface area contributed by atoms with Crippen LogP contribution in [0, 0.1) is 11.8 Å². The van der Waals surface area contributed by atoms with Crippen LogP contribution < -0.4 is 4.90 Å². The molecule has 0 bridgehead atoms. The van der Waals surface area contributed by atoms with Gasteiger partial charge in [-0.15, -0.1) is 0 Å². The lowest BCUT2D eigenvalue weighted by molar-refractivity contribution is 0.0696. The predicted molar refractivity (Wildman–Crippen MR) is 76.0 cm³/mol. The van der Waals surface area contributed by atoms with E-state index < -0.39 is 5.97 Å². The zero-order valence-electron chi connectivity index (χ0n) is 11.3. The Morgan fingerprint density at radius 3 is 2.58 bits per heavy atom. The number of hydrogen-bond acceptors (Lipinski definition) is 3. The second-order valence-corrected chi connectivity index (χ2v) is 5.81. The summed E-state index contributed by atoms with van der Waals surface area (Å²) >= 11 is 6.14. The summed E-state index contributed by atoms with van der Waals surface area (Å²) in [7, 11) is 0. The van der Waals surface area contributed by atoms with Crippen molar-refractivity contribution in [2.24, 2.45) is 11.8 Å². The molecule has 1 aliphatic heterocycles. The number of pyridine rings is 1. The van der Waals surface area contributed by atoms with Crippen LogP contribution >= 0.6 is 11.6 Å². The van der Waals surface area contributed by atoms with Gasteiger partial charge in [-0.3, -0.25) is 0 Å². The van der Waals surface area contributed by atoms with Crippen molar-refractivity contribution in [3.63, 3.8) is 0 Å². The molecule has 1 aromatic rings. The molecule has 1 aliphatic rings. The van der Waals surface area contributed by atoms with Crippen molar-refractivity contribution in [2.45, 2.75) is 26.7 Å². The normalized spacial score (nSPS) is 16.9. The van der Waals surface area contributed by atoms with Crippen LogP contribution in [0.5, 0.6) is 0 Å². The second-order valence-electron chi connectivity index (χ2n) is 5.40. The van der Waals surface area contributed by atoms with Crippen LogP contribution in [0.25, 0.3) is 0 Å². The Hall–Kier alpha value is -1.29. The number of nitrogens with zero attached hydrogens (tertiary/aromatic N) is 2. The van der Waals surface area contributed by atoms with E-state index in [1.54, 1.807) is 0 Å². The number of piperidine rings is 1. The van der Waals surface area contributed by atoms with E-state index in [4.69, 9.17) is 16.7 Å². The molecule has 0 saturated carbocycles. The Balaban J connectivity index is 2.09. The molecule has 1 aromatic heterocycles. The third-order valence-corrected chi connectivity index (χ3v) is 4.13.